The predicted octanol–water partition coefficient (Wildman–Crippen LogP) is 3.41. The number of hydrogen-bond donors (Lipinski definition) is 1. The molecule has 1 fully saturated rings. The van der Waals surface area contributed by atoms with Gasteiger partial charge in [0.2, 0.25) is 0 Å². The summed E-state index contributed by atoms with van der Waals surface area (Å²) < 4.78 is 38.0. The predicted molar refractivity (Wildman–Crippen MR) is 58.5 cm³/mol. The molecule has 0 spiro atoms. The van der Waals surface area contributed by atoms with Crippen molar-refractivity contribution in [2.24, 2.45) is 5.92 Å². The Bertz CT molecular complexity index is 382. The van der Waals surface area contributed by atoms with Gasteiger partial charge in [-0.1, -0.05) is 18.2 Å². The van der Waals surface area contributed by atoms with Crippen molar-refractivity contribution in [3.8, 4) is 0 Å². The van der Waals surface area contributed by atoms with Crippen LogP contribution in [-0.2, 0) is 12.6 Å². The maximum absolute atomic E-state index is 12.7. The zero-order valence-corrected chi connectivity index (χ0v) is 9.37. The summed E-state index contributed by atoms with van der Waals surface area (Å²) in [5.74, 6) is 0.313. The van der Waals surface area contributed by atoms with E-state index in [1.54, 1.807) is 6.07 Å². The lowest BCUT2D eigenvalue weighted by Gasteiger charge is -2.14. The summed E-state index contributed by atoms with van der Waals surface area (Å²) in [4.78, 5) is 0. The Morgan fingerprint density at radius 2 is 1.88 bits per heavy atom. The average Bonchev–Trinajstić information content (AvgIpc) is 3.08. The number of aliphatic hydroxyl groups excluding tert-OH is 1. The maximum Gasteiger partial charge on any atom is 0.416 e. The summed E-state index contributed by atoms with van der Waals surface area (Å²) in [7, 11) is 0. The first-order valence-electron chi connectivity index (χ1n) is 5.81. The van der Waals surface area contributed by atoms with Gasteiger partial charge in [-0.25, -0.2) is 0 Å². The molecule has 1 saturated carbocycles. The molecule has 1 aliphatic rings. The SMILES string of the molecule is OC(CCc1ccccc1C(F)(F)F)C1CC1. The van der Waals surface area contributed by atoms with Crippen LogP contribution in [0.2, 0.25) is 0 Å². The first-order valence-corrected chi connectivity index (χ1v) is 5.81. The third-order valence-electron chi connectivity index (χ3n) is 3.20. The van der Waals surface area contributed by atoms with E-state index >= 15 is 0 Å². The first-order chi connectivity index (χ1) is 7.98. The van der Waals surface area contributed by atoms with Crippen LogP contribution in [0, 0.1) is 5.92 Å². The molecule has 0 amide bonds. The Hall–Kier alpha value is -1.03. The van der Waals surface area contributed by atoms with E-state index < -0.39 is 17.8 Å². The number of alkyl halides is 3. The van der Waals surface area contributed by atoms with Gasteiger partial charge >= 0.3 is 6.18 Å². The smallest absolute Gasteiger partial charge is 0.393 e. The second-order valence-corrected chi connectivity index (χ2v) is 4.60. The van der Waals surface area contributed by atoms with E-state index in [0.29, 0.717) is 12.3 Å². The van der Waals surface area contributed by atoms with Gasteiger partial charge in [0.05, 0.1) is 11.7 Å². The van der Waals surface area contributed by atoms with Crippen molar-refractivity contribution < 1.29 is 18.3 Å². The quantitative estimate of drug-likeness (QED) is 0.860. The average molecular weight is 244 g/mol. The van der Waals surface area contributed by atoms with E-state index in [2.05, 4.69) is 0 Å². The van der Waals surface area contributed by atoms with Crippen LogP contribution in [0.5, 0.6) is 0 Å². The number of aryl methyl sites for hydroxylation is 1. The summed E-state index contributed by atoms with van der Waals surface area (Å²) in [5, 5.41) is 9.66. The van der Waals surface area contributed by atoms with E-state index in [0.717, 1.165) is 18.9 Å². The molecule has 2 rings (SSSR count). The first kappa shape index (κ1) is 12.4. The number of halogens is 3. The van der Waals surface area contributed by atoms with E-state index in [4.69, 9.17) is 0 Å². The van der Waals surface area contributed by atoms with Crippen LogP contribution in [0.1, 0.15) is 30.4 Å². The van der Waals surface area contributed by atoms with Crippen molar-refractivity contribution in [1.29, 1.82) is 0 Å². The lowest BCUT2D eigenvalue weighted by molar-refractivity contribution is -0.138. The van der Waals surface area contributed by atoms with E-state index in [9.17, 15) is 18.3 Å². The van der Waals surface area contributed by atoms with Crippen molar-refractivity contribution in [2.75, 3.05) is 0 Å². The number of rotatable bonds is 4. The molecule has 1 nitrogen and oxygen atoms in total. The van der Waals surface area contributed by atoms with Gasteiger partial charge in [-0.05, 0) is 43.2 Å². The molecule has 1 aromatic carbocycles. The molecular formula is C13H15F3O. The molecule has 0 heterocycles. The summed E-state index contributed by atoms with van der Waals surface area (Å²) >= 11 is 0. The summed E-state index contributed by atoms with van der Waals surface area (Å²) in [6.45, 7) is 0. The third-order valence-corrected chi connectivity index (χ3v) is 3.20. The molecule has 0 aliphatic heterocycles. The van der Waals surface area contributed by atoms with Gasteiger partial charge in [0.1, 0.15) is 0 Å². The van der Waals surface area contributed by atoms with Crippen LogP contribution in [0.3, 0.4) is 0 Å². The highest BCUT2D eigenvalue weighted by molar-refractivity contribution is 5.29. The second-order valence-electron chi connectivity index (χ2n) is 4.60. The molecule has 1 N–H and O–H groups in total. The van der Waals surface area contributed by atoms with Gasteiger partial charge in [0, 0.05) is 0 Å². The van der Waals surface area contributed by atoms with E-state index in [1.165, 1.54) is 12.1 Å². The highest BCUT2D eigenvalue weighted by Crippen LogP contribution is 2.36. The highest BCUT2D eigenvalue weighted by atomic mass is 19.4. The molecule has 1 atom stereocenters. The van der Waals surface area contributed by atoms with Crippen molar-refractivity contribution in [3.05, 3.63) is 35.4 Å². The molecule has 0 saturated heterocycles. The summed E-state index contributed by atoms with van der Waals surface area (Å²) in [6.07, 6.45) is -2.05. The Labute approximate surface area is 98.3 Å². The fourth-order valence-corrected chi connectivity index (χ4v) is 2.03. The minimum absolute atomic E-state index is 0.278. The highest BCUT2D eigenvalue weighted by Gasteiger charge is 2.34. The second kappa shape index (κ2) is 4.69. The lowest BCUT2D eigenvalue weighted by atomic mass is 9.99. The van der Waals surface area contributed by atoms with Crippen LogP contribution in [0.15, 0.2) is 24.3 Å². The van der Waals surface area contributed by atoms with Gasteiger partial charge in [-0.15, -0.1) is 0 Å². The van der Waals surface area contributed by atoms with Crippen LogP contribution < -0.4 is 0 Å². The maximum atomic E-state index is 12.7. The van der Waals surface area contributed by atoms with Gasteiger partial charge in [0.25, 0.3) is 0 Å². The van der Waals surface area contributed by atoms with E-state index in [1.807, 2.05) is 0 Å². The number of hydrogen-bond acceptors (Lipinski definition) is 1. The zero-order chi connectivity index (χ0) is 12.5. The van der Waals surface area contributed by atoms with Crippen molar-refractivity contribution >= 4 is 0 Å². The van der Waals surface area contributed by atoms with Gasteiger partial charge in [0.15, 0.2) is 0 Å². The largest absolute Gasteiger partial charge is 0.416 e. The molecule has 0 aromatic heterocycles. The van der Waals surface area contributed by atoms with Crippen LogP contribution in [0.25, 0.3) is 0 Å². The standard InChI is InChI=1S/C13H15F3O/c14-13(15,16)11-4-2-1-3-9(11)7-8-12(17)10-5-6-10/h1-4,10,12,17H,5-8H2. The van der Waals surface area contributed by atoms with E-state index in [-0.39, 0.29) is 12.0 Å². The number of benzene rings is 1. The fourth-order valence-electron chi connectivity index (χ4n) is 2.03. The summed E-state index contributed by atoms with van der Waals surface area (Å²) in [6, 6.07) is 5.58. The number of aliphatic hydroxyl groups is 1. The Morgan fingerprint density at radius 1 is 1.24 bits per heavy atom. The minimum Gasteiger partial charge on any atom is -0.393 e. The minimum atomic E-state index is -4.30. The Morgan fingerprint density at radius 3 is 2.47 bits per heavy atom. The Balaban J connectivity index is 2.04. The molecule has 17 heavy (non-hydrogen) atoms. The summed E-state index contributed by atoms with van der Waals surface area (Å²) in [5.41, 5.74) is -0.303. The molecule has 0 bridgehead atoms. The topological polar surface area (TPSA) is 20.2 Å². The van der Waals surface area contributed by atoms with Gasteiger partial charge < -0.3 is 5.11 Å². The molecule has 94 valence electrons. The van der Waals surface area contributed by atoms with Gasteiger partial charge in [-0.3, -0.25) is 0 Å². The molecule has 1 aromatic rings. The van der Waals surface area contributed by atoms with Gasteiger partial charge in [-0.2, -0.15) is 13.2 Å². The van der Waals surface area contributed by atoms with Crippen LogP contribution >= 0.6 is 0 Å². The molecule has 0 radical (unpaired) electrons. The molecular weight excluding hydrogens is 229 g/mol. The van der Waals surface area contributed by atoms with Crippen molar-refractivity contribution in [2.45, 2.75) is 38.0 Å². The third kappa shape index (κ3) is 3.22. The van der Waals surface area contributed by atoms with Crippen LogP contribution in [-0.4, -0.2) is 11.2 Å². The van der Waals surface area contributed by atoms with Crippen molar-refractivity contribution in [3.63, 3.8) is 0 Å². The Kier molecular flexibility index (Phi) is 3.43. The van der Waals surface area contributed by atoms with Crippen molar-refractivity contribution in [1.82, 2.24) is 0 Å². The molecule has 1 unspecified atom stereocenters. The van der Waals surface area contributed by atoms with Crippen LogP contribution in [0.4, 0.5) is 13.2 Å². The fraction of sp³-hybridized carbons (Fsp3) is 0.538. The zero-order valence-electron chi connectivity index (χ0n) is 9.37. The monoisotopic (exact) mass is 244 g/mol. The molecule has 1 aliphatic carbocycles. The lowest BCUT2D eigenvalue weighted by Crippen LogP contribution is -2.13. The normalized spacial score (nSPS) is 18.1. The molecule has 4 heteroatoms.